The lowest BCUT2D eigenvalue weighted by molar-refractivity contribution is -0.143. The lowest BCUT2D eigenvalue weighted by atomic mass is 9.81. The first-order valence-corrected chi connectivity index (χ1v) is 10.3. The maximum absolute atomic E-state index is 12.8. The van der Waals surface area contributed by atoms with Gasteiger partial charge in [-0.3, -0.25) is 19.3 Å². The maximum atomic E-state index is 12.8. The van der Waals surface area contributed by atoms with Crippen LogP contribution in [0.15, 0.2) is 24.3 Å². The molecule has 4 rings (SSSR count). The van der Waals surface area contributed by atoms with Crippen LogP contribution in [-0.2, 0) is 14.4 Å². The SMILES string of the molecule is COc1ccccc1NC(=O)CN1C(=O)[C@@H]2[C@H]3C[C@@H]([C@@H](Br)[C@H]3Br)[C@H]2C1=O. The second-order valence-corrected chi connectivity index (χ2v) is 9.13. The van der Waals surface area contributed by atoms with Gasteiger partial charge in [0.05, 0.1) is 24.6 Å². The molecule has 2 aliphatic carbocycles. The molecule has 0 unspecified atom stereocenters. The number of nitrogens with one attached hydrogen (secondary N) is 1. The minimum absolute atomic E-state index is 0.146. The van der Waals surface area contributed by atoms with Crippen LogP contribution in [0.4, 0.5) is 5.69 Å². The molecule has 0 aromatic heterocycles. The fourth-order valence-corrected chi connectivity index (χ4v) is 6.52. The molecule has 3 aliphatic rings. The predicted molar refractivity (Wildman–Crippen MR) is 102 cm³/mol. The number of nitrogens with zero attached hydrogens (tertiary/aromatic N) is 1. The minimum Gasteiger partial charge on any atom is -0.495 e. The standard InChI is InChI=1S/C18H18Br2N2O4/c1-26-11-5-3-2-4-10(11)21-12(23)7-22-17(24)13-8-6-9(14(13)18(22)25)16(20)15(8)19/h2-5,8-9,13-16H,6-7H2,1H3,(H,21,23)/t8-,9-,13-,14-,15-,16+/m1/s1. The number of carbonyl (C=O) groups excluding carboxylic acids is 3. The highest BCUT2D eigenvalue weighted by molar-refractivity contribution is 9.12. The van der Waals surface area contributed by atoms with E-state index in [9.17, 15) is 14.4 Å². The van der Waals surface area contributed by atoms with E-state index in [1.54, 1.807) is 24.3 Å². The number of fused-ring (bicyclic) bond motifs is 5. The van der Waals surface area contributed by atoms with Gasteiger partial charge in [-0.15, -0.1) is 0 Å². The number of halogens is 2. The monoisotopic (exact) mass is 484 g/mol. The molecular formula is C18H18Br2N2O4. The average Bonchev–Trinajstić information content (AvgIpc) is 3.23. The molecule has 2 saturated carbocycles. The van der Waals surface area contributed by atoms with Crippen molar-refractivity contribution in [2.45, 2.75) is 16.1 Å². The molecule has 6 nitrogen and oxygen atoms in total. The van der Waals surface area contributed by atoms with Crippen LogP contribution in [0, 0.1) is 23.7 Å². The van der Waals surface area contributed by atoms with E-state index >= 15 is 0 Å². The summed E-state index contributed by atoms with van der Waals surface area (Å²) in [5, 5.41) is 2.72. The van der Waals surface area contributed by atoms with Crippen molar-refractivity contribution in [3.8, 4) is 5.75 Å². The Hall–Kier alpha value is -1.41. The van der Waals surface area contributed by atoms with Crippen LogP contribution in [0.2, 0.25) is 0 Å². The molecule has 138 valence electrons. The third-order valence-electron chi connectivity index (χ3n) is 5.76. The van der Waals surface area contributed by atoms with Gasteiger partial charge in [0.15, 0.2) is 0 Å². The van der Waals surface area contributed by atoms with Crippen molar-refractivity contribution in [2.75, 3.05) is 19.0 Å². The molecule has 0 radical (unpaired) electrons. The Morgan fingerprint density at radius 2 is 1.73 bits per heavy atom. The number of carbonyl (C=O) groups is 3. The molecular weight excluding hydrogens is 468 g/mol. The molecule has 3 fully saturated rings. The van der Waals surface area contributed by atoms with Gasteiger partial charge in [-0.1, -0.05) is 44.0 Å². The van der Waals surface area contributed by atoms with Gasteiger partial charge in [0.1, 0.15) is 12.3 Å². The largest absolute Gasteiger partial charge is 0.495 e. The zero-order valence-corrected chi connectivity index (χ0v) is 17.2. The summed E-state index contributed by atoms with van der Waals surface area (Å²) in [5.41, 5.74) is 0.514. The van der Waals surface area contributed by atoms with Gasteiger partial charge in [0, 0.05) is 9.65 Å². The van der Waals surface area contributed by atoms with E-state index in [1.807, 2.05) is 0 Å². The third-order valence-corrected chi connectivity index (χ3v) is 8.97. The Balaban J connectivity index is 1.49. The van der Waals surface area contributed by atoms with E-state index in [-0.39, 0.29) is 51.7 Å². The fraction of sp³-hybridized carbons (Fsp3) is 0.500. The topological polar surface area (TPSA) is 75.7 Å². The molecule has 2 bridgehead atoms. The number of hydrogen-bond acceptors (Lipinski definition) is 4. The Morgan fingerprint density at radius 3 is 2.31 bits per heavy atom. The number of benzene rings is 1. The van der Waals surface area contributed by atoms with Crippen LogP contribution in [0.25, 0.3) is 0 Å². The fourth-order valence-electron chi connectivity index (χ4n) is 4.65. The van der Waals surface area contributed by atoms with Crippen molar-refractivity contribution in [1.29, 1.82) is 0 Å². The van der Waals surface area contributed by atoms with E-state index in [4.69, 9.17) is 4.74 Å². The highest BCUT2D eigenvalue weighted by atomic mass is 79.9. The van der Waals surface area contributed by atoms with Crippen molar-refractivity contribution in [3.05, 3.63) is 24.3 Å². The van der Waals surface area contributed by atoms with Crippen molar-refractivity contribution < 1.29 is 19.1 Å². The van der Waals surface area contributed by atoms with Crippen LogP contribution in [0.3, 0.4) is 0 Å². The first kappa shape index (κ1) is 18.0. The molecule has 26 heavy (non-hydrogen) atoms. The third kappa shape index (κ3) is 2.60. The number of alkyl halides is 2. The van der Waals surface area contributed by atoms with E-state index in [2.05, 4.69) is 37.2 Å². The predicted octanol–water partition coefficient (Wildman–Crippen LogP) is 2.41. The number of amides is 3. The van der Waals surface area contributed by atoms with E-state index in [0.29, 0.717) is 11.4 Å². The van der Waals surface area contributed by atoms with Crippen LogP contribution < -0.4 is 10.1 Å². The summed E-state index contributed by atoms with van der Waals surface area (Å²) in [6.45, 7) is -0.262. The minimum atomic E-state index is -0.408. The maximum Gasteiger partial charge on any atom is 0.244 e. The molecule has 1 aromatic carbocycles. The first-order valence-electron chi connectivity index (χ1n) is 8.50. The van der Waals surface area contributed by atoms with Crippen molar-refractivity contribution >= 4 is 55.3 Å². The number of para-hydroxylation sites is 2. The van der Waals surface area contributed by atoms with Gasteiger partial charge in [0.25, 0.3) is 0 Å². The smallest absolute Gasteiger partial charge is 0.244 e. The summed E-state index contributed by atoms with van der Waals surface area (Å²) in [6, 6.07) is 7.02. The summed E-state index contributed by atoms with van der Waals surface area (Å²) >= 11 is 7.31. The Bertz CT molecular complexity index is 754. The zero-order chi connectivity index (χ0) is 18.6. The molecule has 3 amide bonds. The summed E-state index contributed by atoms with van der Waals surface area (Å²) < 4.78 is 5.21. The van der Waals surface area contributed by atoms with Crippen LogP contribution in [0.5, 0.6) is 5.75 Å². The Kier molecular flexibility index (Phi) is 4.59. The van der Waals surface area contributed by atoms with Gasteiger partial charge in [0.2, 0.25) is 17.7 Å². The summed E-state index contributed by atoms with van der Waals surface area (Å²) in [7, 11) is 1.52. The van der Waals surface area contributed by atoms with Crippen molar-refractivity contribution in [2.24, 2.45) is 23.7 Å². The van der Waals surface area contributed by atoms with Crippen molar-refractivity contribution in [3.63, 3.8) is 0 Å². The number of rotatable bonds is 4. The zero-order valence-electron chi connectivity index (χ0n) is 14.0. The lowest BCUT2D eigenvalue weighted by Crippen LogP contribution is -2.39. The average molecular weight is 486 g/mol. The molecule has 6 atom stereocenters. The van der Waals surface area contributed by atoms with Crippen LogP contribution >= 0.6 is 31.9 Å². The molecule has 1 aliphatic heterocycles. The summed E-state index contributed by atoms with van der Waals surface area (Å²) in [6.07, 6.45) is 0.875. The molecule has 8 heteroatoms. The highest BCUT2D eigenvalue weighted by Gasteiger charge is 2.66. The van der Waals surface area contributed by atoms with Crippen LogP contribution in [0.1, 0.15) is 6.42 Å². The van der Waals surface area contributed by atoms with Gasteiger partial charge >= 0.3 is 0 Å². The molecule has 1 aromatic rings. The van der Waals surface area contributed by atoms with E-state index < -0.39 is 5.91 Å². The quantitative estimate of drug-likeness (QED) is 0.525. The van der Waals surface area contributed by atoms with Gasteiger partial charge in [-0.05, 0) is 30.4 Å². The molecule has 1 N–H and O–H groups in total. The number of imide groups is 1. The number of hydrogen-bond donors (Lipinski definition) is 1. The Morgan fingerprint density at radius 1 is 1.15 bits per heavy atom. The Labute approximate surface area is 167 Å². The molecule has 1 saturated heterocycles. The van der Waals surface area contributed by atoms with Crippen molar-refractivity contribution in [1.82, 2.24) is 4.90 Å². The van der Waals surface area contributed by atoms with Crippen LogP contribution in [-0.4, -0.2) is 45.9 Å². The number of anilines is 1. The van der Waals surface area contributed by atoms with Gasteiger partial charge in [-0.2, -0.15) is 0 Å². The highest BCUT2D eigenvalue weighted by Crippen LogP contribution is 2.60. The van der Waals surface area contributed by atoms with Gasteiger partial charge in [-0.25, -0.2) is 0 Å². The number of likely N-dealkylation sites (tertiary alicyclic amines) is 1. The first-order chi connectivity index (χ1) is 12.4. The lowest BCUT2D eigenvalue weighted by Gasteiger charge is -2.28. The summed E-state index contributed by atoms with van der Waals surface area (Å²) in [5.74, 6) is -0.623. The normalized spacial score (nSPS) is 35.0. The molecule has 0 spiro atoms. The molecule has 1 heterocycles. The second-order valence-electron chi connectivity index (χ2n) is 7.01. The van der Waals surface area contributed by atoms with Gasteiger partial charge < -0.3 is 10.1 Å². The second kappa shape index (κ2) is 6.64. The van der Waals surface area contributed by atoms with E-state index in [0.717, 1.165) is 11.3 Å². The summed E-state index contributed by atoms with van der Waals surface area (Å²) in [4.78, 5) is 39.6. The van der Waals surface area contributed by atoms with E-state index in [1.165, 1.54) is 7.11 Å². The number of methoxy groups -OCH3 is 1. The number of ether oxygens (including phenoxy) is 1.